The van der Waals surface area contributed by atoms with Gasteiger partial charge in [-0.25, -0.2) is 9.37 Å². The van der Waals surface area contributed by atoms with E-state index in [1.165, 1.54) is 34.5 Å². The fraction of sp³-hybridized carbons (Fsp3) is 0.320. The molecule has 4 heterocycles. The van der Waals surface area contributed by atoms with Crippen molar-refractivity contribution in [3.05, 3.63) is 71.2 Å². The Morgan fingerprint density at radius 2 is 2.03 bits per heavy atom. The summed E-state index contributed by atoms with van der Waals surface area (Å²) in [6.45, 7) is 4.22. The second-order valence-electron chi connectivity index (χ2n) is 9.13. The quantitative estimate of drug-likeness (QED) is 0.489. The van der Waals surface area contributed by atoms with E-state index in [0.717, 1.165) is 36.9 Å². The van der Waals surface area contributed by atoms with Crippen molar-refractivity contribution in [2.45, 2.75) is 51.5 Å². The molecule has 6 rings (SSSR count). The van der Waals surface area contributed by atoms with Gasteiger partial charge in [0.1, 0.15) is 5.82 Å². The number of rotatable bonds is 4. The van der Waals surface area contributed by atoms with Crippen molar-refractivity contribution >= 4 is 17.2 Å². The van der Waals surface area contributed by atoms with Gasteiger partial charge in [-0.1, -0.05) is 19.4 Å². The normalized spacial score (nSPS) is 17.5. The maximum absolute atomic E-state index is 13.9. The summed E-state index contributed by atoms with van der Waals surface area (Å²) in [5, 5.41) is 8.21. The number of nitrogens with zero attached hydrogens (tertiary/aromatic N) is 6. The molecule has 8 heteroatoms. The Balaban J connectivity index is 1.38. The third-order valence-corrected chi connectivity index (χ3v) is 6.62. The van der Waals surface area contributed by atoms with Crippen molar-refractivity contribution in [3.8, 4) is 11.4 Å². The summed E-state index contributed by atoms with van der Waals surface area (Å²) < 4.78 is 15.6. The highest BCUT2D eigenvalue weighted by molar-refractivity contribution is 5.77. The molecule has 4 aromatic heterocycles. The average molecular weight is 442 g/mol. The first-order chi connectivity index (χ1) is 16.1. The van der Waals surface area contributed by atoms with Crippen LogP contribution in [0.4, 0.5) is 10.3 Å². The second-order valence-corrected chi connectivity index (χ2v) is 9.13. The van der Waals surface area contributed by atoms with Crippen LogP contribution in [-0.4, -0.2) is 35.6 Å². The first-order valence-corrected chi connectivity index (χ1v) is 11.3. The van der Waals surface area contributed by atoms with Gasteiger partial charge in [0.05, 0.1) is 12.4 Å². The largest absolute Gasteiger partial charge is 0.351 e. The highest BCUT2D eigenvalue weighted by Crippen LogP contribution is 2.41. The lowest BCUT2D eigenvalue weighted by Crippen LogP contribution is -2.25. The molecule has 1 N–H and O–H groups in total. The molecular formula is C25H24FN7. The summed E-state index contributed by atoms with van der Waals surface area (Å²) in [4.78, 5) is 17.8. The number of allylic oxidation sites excluding steroid dienone is 1. The van der Waals surface area contributed by atoms with Gasteiger partial charge in [0.2, 0.25) is 5.95 Å². The topological polar surface area (TPSA) is 80.9 Å². The van der Waals surface area contributed by atoms with E-state index in [1.54, 1.807) is 10.7 Å². The SMILES string of the molecule is CC(C)c1cnn2c(N[C@H]3CCC4=C(C3)c3ccncc3C4)nc(-c3cncc(F)c3)nc12. The summed E-state index contributed by atoms with van der Waals surface area (Å²) in [5.74, 6) is 0.888. The van der Waals surface area contributed by atoms with Crippen LogP contribution in [-0.2, 0) is 6.42 Å². The molecule has 0 saturated heterocycles. The Hall–Kier alpha value is -3.68. The number of hydrogen-bond donors (Lipinski definition) is 1. The summed E-state index contributed by atoms with van der Waals surface area (Å²) in [6, 6.07) is 3.75. The van der Waals surface area contributed by atoms with Crippen LogP contribution in [0, 0.1) is 5.82 Å². The fourth-order valence-electron chi connectivity index (χ4n) is 4.94. The van der Waals surface area contributed by atoms with Crippen LogP contribution in [0.3, 0.4) is 0 Å². The predicted octanol–water partition coefficient (Wildman–Crippen LogP) is 4.82. The molecule has 0 fully saturated rings. The standard InChI is InChI=1S/C25H24FN7/c1-14(2)22-13-29-33-24(22)31-23(17-8-18(26)12-28-11-17)32-25(33)30-19-4-3-15-7-16-10-27-6-5-20(16)21(15)9-19/h5-6,8,10-14,19H,3-4,7,9H2,1-2H3,(H,30,31,32)/t19-/m0/s1. The number of aromatic nitrogens is 6. The van der Waals surface area contributed by atoms with Crippen molar-refractivity contribution in [2.75, 3.05) is 5.32 Å². The minimum atomic E-state index is -0.413. The first-order valence-electron chi connectivity index (χ1n) is 11.3. The molecule has 0 radical (unpaired) electrons. The first kappa shape index (κ1) is 20.0. The van der Waals surface area contributed by atoms with Crippen molar-refractivity contribution in [1.82, 2.24) is 29.5 Å². The molecule has 0 amide bonds. The summed E-state index contributed by atoms with van der Waals surface area (Å²) in [5.41, 5.74) is 7.90. The van der Waals surface area contributed by atoms with Crippen LogP contribution < -0.4 is 5.32 Å². The third kappa shape index (κ3) is 3.46. The number of pyridine rings is 2. The summed E-state index contributed by atoms with van der Waals surface area (Å²) in [7, 11) is 0. The molecule has 1 atom stereocenters. The van der Waals surface area contributed by atoms with E-state index in [2.05, 4.69) is 40.3 Å². The molecule has 2 aliphatic carbocycles. The van der Waals surface area contributed by atoms with Crippen LogP contribution in [0.15, 0.2) is 48.7 Å². The molecule has 7 nitrogen and oxygen atoms in total. The maximum atomic E-state index is 13.9. The van der Waals surface area contributed by atoms with Crippen LogP contribution in [0.25, 0.3) is 22.6 Å². The Labute approximate surface area is 190 Å². The molecule has 166 valence electrons. The van der Waals surface area contributed by atoms with Crippen LogP contribution >= 0.6 is 0 Å². The number of anilines is 1. The van der Waals surface area contributed by atoms with E-state index in [4.69, 9.17) is 9.97 Å². The zero-order valence-corrected chi connectivity index (χ0v) is 18.6. The molecule has 0 unspecified atom stereocenters. The summed E-state index contributed by atoms with van der Waals surface area (Å²) in [6.07, 6.45) is 12.5. The van der Waals surface area contributed by atoms with E-state index >= 15 is 0 Å². The number of hydrogen-bond acceptors (Lipinski definition) is 6. The molecule has 0 aromatic carbocycles. The molecule has 33 heavy (non-hydrogen) atoms. The Bertz CT molecular complexity index is 1410. The van der Waals surface area contributed by atoms with Gasteiger partial charge in [-0.15, -0.1) is 0 Å². The average Bonchev–Trinajstić information content (AvgIpc) is 3.41. The lowest BCUT2D eigenvalue weighted by Gasteiger charge is -2.26. The van der Waals surface area contributed by atoms with Crippen molar-refractivity contribution in [3.63, 3.8) is 0 Å². The smallest absolute Gasteiger partial charge is 0.228 e. The van der Waals surface area contributed by atoms with Crippen molar-refractivity contribution in [2.24, 2.45) is 0 Å². The Kier molecular flexibility index (Phi) is 4.67. The Morgan fingerprint density at radius 1 is 1.12 bits per heavy atom. The van der Waals surface area contributed by atoms with Gasteiger partial charge in [0.25, 0.3) is 0 Å². The minimum Gasteiger partial charge on any atom is -0.351 e. The van der Waals surface area contributed by atoms with Gasteiger partial charge >= 0.3 is 0 Å². The fourth-order valence-corrected chi connectivity index (χ4v) is 4.94. The van der Waals surface area contributed by atoms with E-state index in [-0.39, 0.29) is 12.0 Å². The molecule has 4 aromatic rings. The number of nitrogens with one attached hydrogen (secondary N) is 1. The van der Waals surface area contributed by atoms with Crippen LogP contribution in [0.5, 0.6) is 0 Å². The highest BCUT2D eigenvalue weighted by atomic mass is 19.1. The molecule has 2 aliphatic rings. The second kappa shape index (κ2) is 7.72. The van der Waals surface area contributed by atoms with Crippen molar-refractivity contribution < 1.29 is 4.39 Å². The molecule has 0 aliphatic heterocycles. The van der Waals surface area contributed by atoms with E-state index in [0.29, 0.717) is 17.3 Å². The summed E-state index contributed by atoms with van der Waals surface area (Å²) >= 11 is 0. The molecule has 0 saturated carbocycles. The Morgan fingerprint density at radius 3 is 2.88 bits per heavy atom. The van der Waals surface area contributed by atoms with Gasteiger partial charge in [-0.2, -0.15) is 14.6 Å². The van der Waals surface area contributed by atoms with Crippen LogP contribution in [0.1, 0.15) is 55.7 Å². The van der Waals surface area contributed by atoms with Crippen LogP contribution in [0.2, 0.25) is 0 Å². The zero-order valence-electron chi connectivity index (χ0n) is 18.6. The lowest BCUT2D eigenvalue weighted by molar-refractivity contribution is 0.621. The van der Waals surface area contributed by atoms with E-state index < -0.39 is 5.82 Å². The van der Waals surface area contributed by atoms with Gasteiger partial charge < -0.3 is 5.32 Å². The van der Waals surface area contributed by atoms with E-state index in [1.807, 2.05) is 18.6 Å². The van der Waals surface area contributed by atoms with Gasteiger partial charge in [0, 0.05) is 35.8 Å². The predicted molar refractivity (Wildman–Crippen MR) is 124 cm³/mol. The molecule has 0 bridgehead atoms. The van der Waals surface area contributed by atoms with Gasteiger partial charge in [-0.05, 0) is 60.4 Å². The van der Waals surface area contributed by atoms with Crippen molar-refractivity contribution in [1.29, 1.82) is 0 Å². The minimum absolute atomic E-state index is 0.214. The zero-order chi connectivity index (χ0) is 22.5. The van der Waals surface area contributed by atoms with Gasteiger partial charge in [-0.3, -0.25) is 9.97 Å². The third-order valence-electron chi connectivity index (χ3n) is 6.62. The number of halogens is 1. The molecule has 0 spiro atoms. The van der Waals surface area contributed by atoms with Gasteiger partial charge in [0.15, 0.2) is 11.5 Å². The molecular weight excluding hydrogens is 417 g/mol. The highest BCUT2D eigenvalue weighted by Gasteiger charge is 2.29. The van der Waals surface area contributed by atoms with E-state index in [9.17, 15) is 4.39 Å². The lowest BCUT2D eigenvalue weighted by atomic mass is 9.88. The number of fused-ring (bicyclic) bond motifs is 3. The maximum Gasteiger partial charge on any atom is 0.228 e. The monoisotopic (exact) mass is 441 g/mol.